The van der Waals surface area contributed by atoms with Gasteiger partial charge in [0.1, 0.15) is 0 Å². The van der Waals surface area contributed by atoms with E-state index in [1.165, 1.54) is 12.8 Å². The topological polar surface area (TPSA) is 27.7 Å². The lowest BCUT2D eigenvalue weighted by Crippen LogP contribution is -2.50. The molecule has 2 aliphatic carbocycles. The van der Waals surface area contributed by atoms with Crippen molar-refractivity contribution in [3.8, 4) is 0 Å². The maximum Gasteiger partial charge on any atom is 0.192 e. The van der Waals surface area contributed by atoms with Gasteiger partial charge in [-0.25, -0.2) is 0 Å². The number of hydrogen-bond donors (Lipinski definition) is 0. The SMILES string of the molecule is CC(C)(C)[Si](C)(C)OC1C2COC3OCC4(CCC14)C32. The molecule has 20 heavy (non-hydrogen) atoms. The third-order valence-electron chi connectivity index (χ3n) is 7.10. The Kier molecular flexibility index (Phi) is 2.67. The summed E-state index contributed by atoms with van der Waals surface area (Å²) < 4.78 is 18.7. The summed E-state index contributed by atoms with van der Waals surface area (Å²) in [7, 11) is -1.69. The van der Waals surface area contributed by atoms with Crippen LogP contribution in [-0.2, 0) is 13.9 Å². The van der Waals surface area contributed by atoms with Gasteiger partial charge in [0.05, 0.1) is 19.3 Å². The molecule has 0 radical (unpaired) electrons. The summed E-state index contributed by atoms with van der Waals surface area (Å²) in [6.45, 7) is 13.5. The van der Waals surface area contributed by atoms with E-state index < -0.39 is 8.32 Å². The average molecular weight is 296 g/mol. The first kappa shape index (κ1) is 13.7. The summed E-state index contributed by atoms with van der Waals surface area (Å²) in [5, 5.41) is 0.289. The first-order valence-corrected chi connectivity index (χ1v) is 11.1. The highest BCUT2D eigenvalue weighted by atomic mass is 28.4. The van der Waals surface area contributed by atoms with Crippen molar-refractivity contribution in [1.29, 1.82) is 0 Å². The molecular formula is C16H28O3Si. The van der Waals surface area contributed by atoms with Gasteiger partial charge < -0.3 is 13.9 Å². The fourth-order valence-electron chi connectivity index (χ4n) is 4.85. The van der Waals surface area contributed by atoms with Gasteiger partial charge in [-0.2, -0.15) is 0 Å². The fourth-order valence-corrected chi connectivity index (χ4v) is 6.22. The molecule has 0 amide bonds. The minimum absolute atomic E-state index is 0.0795. The van der Waals surface area contributed by atoms with Crippen LogP contribution in [0.4, 0.5) is 0 Å². The van der Waals surface area contributed by atoms with Gasteiger partial charge >= 0.3 is 0 Å². The number of rotatable bonds is 2. The van der Waals surface area contributed by atoms with Crippen LogP contribution in [0, 0.1) is 23.2 Å². The van der Waals surface area contributed by atoms with Crippen molar-refractivity contribution in [3.05, 3.63) is 0 Å². The minimum atomic E-state index is -1.69. The van der Waals surface area contributed by atoms with E-state index in [2.05, 4.69) is 33.9 Å². The number of hydrogen-bond acceptors (Lipinski definition) is 3. The van der Waals surface area contributed by atoms with Gasteiger partial charge in [0, 0.05) is 17.3 Å². The molecule has 2 aliphatic heterocycles. The monoisotopic (exact) mass is 296 g/mol. The first-order valence-electron chi connectivity index (χ1n) is 8.17. The molecule has 0 aromatic carbocycles. The molecule has 1 spiro atoms. The summed E-state index contributed by atoms with van der Waals surface area (Å²) in [6, 6.07) is 0. The van der Waals surface area contributed by atoms with Crippen molar-refractivity contribution in [2.45, 2.75) is 64.1 Å². The Morgan fingerprint density at radius 2 is 1.95 bits per heavy atom. The molecule has 3 nitrogen and oxygen atoms in total. The molecule has 0 aromatic rings. The van der Waals surface area contributed by atoms with Crippen molar-refractivity contribution < 1.29 is 13.9 Å². The molecule has 6 unspecified atom stereocenters. The maximum absolute atomic E-state index is 6.86. The van der Waals surface area contributed by atoms with Gasteiger partial charge in [-0.05, 0) is 36.9 Å². The molecule has 4 heteroatoms. The molecule has 2 heterocycles. The molecule has 6 atom stereocenters. The Morgan fingerprint density at radius 1 is 1.20 bits per heavy atom. The summed E-state index contributed by atoms with van der Waals surface area (Å²) in [6.07, 6.45) is 3.18. The van der Waals surface area contributed by atoms with Gasteiger partial charge in [0.2, 0.25) is 0 Å². The average Bonchev–Trinajstić information content (AvgIpc) is 2.87. The van der Waals surface area contributed by atoms with Crippen LogP contribution in [0.5, 0.6) is 0 Å². The molecule has 0 N–H and O–H groups in total. The fraction of sp³-hybridized carbons (Fsp3) is 1.00. The second-order valence-electron chi connectivity index (χ2n) is 8.92. The lowest BCUT2D eigenvalue weighted by Gasteiger charge is -2.48. The highest BCUT2D eigenvalue weighted by Gasteiger charge is 2.73. The lowest BCUT2D eigenvalue weighted by atomic mass is 9.59. The van der Waals surface area contributed by atoms with Crippen LogP contribution in [-0.4, -0.2) is 33.9 Å². The molecular weight excluding hydrogens is 268 g/mol. The normalized spacial score (nSPS) is 50.0. The van der Waals surface area contributed by atoms with E-state index in [-0.39, 0.29) is 11.3 Å². The lowest BCUT2D eigenvalue weighted by molar-refractivity contribution is -0.0911. The largest absolute Gasteiger partial charge is 0.413 e. The maximum atomic E-state index is 6.86. The van der Waals surface area contributed by atoms with Gasteiger partial charge in [-0.3, -0.25) is 0 Å². The first-order chi connectivity index (χ1) is 9.26. The van der Waals surface area contributed by atoms with E-state index >= 15 is 0 Å². The molecule has 4 aliphatic rings. The highest BCUT2D eigenvalue weighted by Crippen LogP contribution is 2.69. The zero-order valence-corrected chi connectivity index (χ0v) is 14.4. The summed E-state index contributed by atoms with van der Waals surface area (Å²) >= 11 is 0. The third kappa shape index (κ3) is 1.51. The Bertz CT molecular complexity index is 430. The van der Waals surface area contributed by atoms with Crippen LogP contribution in [0.3, 0.4) is 0 Å². The van der Waals surface area contributed by atoms with Crippen LogP contribution in [0.25, 0.3) is 0 Å². The predicted octanol–water partition coefficient (Wildman–Crippen LogP) is 3.41. The van der Waals surface area contributed by atoms with Crippen LogP contribution >= 0.6 is 0 Å². The van der Waals surface area contributed by atoms with Gasteiger partial charge in [-0.1, -0.05) is 20.8 Å². The zero-order valence-electron chi connectivity index (χ0n) is 13.4. The van der Waals surface area contributed by atoms with Crippen molar-refractivity contribution in [2.75, 3.05) is 13.2 Å². The molecule has 2 saturated heterocycles. The Labute approximate surface area is 123 Å². The van der Waals surface area contributed by atoms with Crippen LogP contribution in [0.15, 0.2) is 0 Å². The Hall–Kier alpha value is 0.0969. The zero-order chi connectivity index (χ0) is 14.3. The smallest absolute Gasteiger partial charge is 0.192 e. The van der Waals surface area contributed by atoms with Crippen molar-refractivity contribution in [1.82, 2.24) is 0 Å². The summed E-state index contributed by atoms with van der Waals surface area (Å²) in [5.41, 5.74) is 0.416. The van der Waals surface area contributed by atoms with Crippen LogP contribution in [0.1, 0.15) is 33.6 Å². The molecule has 0 aromatic heterocycles. The molecule has 4 rings (SSSR count). The predicted molar refractivity (Wildman–Crippen MR) is 79.9 cm³/mol. The Morgan fingerprint density at radius 3 is 2.55 bits per heavy atom. The van der Waals surface area contributed by atoms with Gasteiger partial charge in [0.15, 0.2) is 14.6 Å². The van der Waals surface area contributed by atoms with E-state index in [0.29, 0.717) is 23.4 Å². The second-order valence-corrected chi connectivity index (χ2v) is 13.7. The van der Waals surface area contributed by atoms with Crippen molar-refractivity contribution >= 4 is 8.32 Å². The van der Waals surface area contributed by atoms with Crippen LogP contribution in [0.2, 0.25) is 18.1 Å². The van der Waals surface area contributed by atoms with Crippen molar-refractivity contribution in [2.24, 2.45) is 23.2 Å². The molecule has 4 fully saturated rings. The Balaban J connectivity index is 1.61. The quantitative estimate of drug-likeness (QED) is 0.731. The molecule has 0 bridgehead atoms. The molecule has 114 valence electrons. The van der Waals surface area contributed by atoms with Gasteiger partial charge in [0.25, 0.3) is 0 Å². The van der Waals surface area contributed by atoms with E-state index in [9.17, 15) is 0 Å². The summed E-state index contributed by atoms with van der Waals surface area (Å²) in [5.74, 6) is 1.95. The standard InChI is InChI=1S/C16H28O3Si/c1-15(2,3)20(4,5)19-13-10-8-17-14-12(10)16(9-18-14)7-6-11(13)16/h10-14H,6-9H2,1-5H3. The van der Waals surface area contributed by atoms with E-state index in [1.807, 2.05) is 0 Å². The summed E-state index contributed by atoms with van der Waals surface area (Å²) in [4.78, 5) is 0. The second kappa shape index (κ2) is 3.89. The third-order valence-corrected chi connectivity index (χ3v) is 11.6. The van der Waals surface area contributed by atoms with E-state index in [1.54, 1.807) is 0 Å². The minimum Gasteiger partial charge on any atom is -0.413 e. The highest BCUT2D eigenvalue weighted by molar-refractivity contribution is 6.74. The van der Waals surface area contributed by atoms with Gasteiger partial charge in [-0.15, -0.1) is 0 Å². The number of ether oxygens (including phenoxy) is 2. The van der Waals surface area contributed by atoms with Crippen LogP contribution < -0.4 is 0 Å². The van der Waals surface area contributed by atoms with Crippen molar-refractivity contribution in [3.63, 3.8) is 0 Å². The van der Waals surface area contributed by atoms with E-state index in [0.717, 1.165) is 19.1 Å². The van der Waals surface area contributed by atoms with E-state index in [4.69, 9.17) is 13.9 Å². The molecule has 2 saturated carbocycles.